The number of carbonyl (C=O) groups excluding carboxylic acids is 4. The van der Waals surface area contributed by atoms with Crippen LogP contribution in [0.15, 0.2) is 12.5 Å². The first-order chi connectivity index (χ1) is 12.4. The fourth-order valence-corrected chi connectivity index (χ4v) is 3.23. The zero-order chi connectivity index (χ0) is 19.5. The first-order valence-corrected chi connectivity index (χ1v) is 9.06. The number of methoxy groups -OCH3 is 1. The Hall–Kier alpha value is -2.20. The van der Waals surface area contributed by atoms with Crippen molar-refractivity contribution in [1.82, 2.24) is 15.3 Å². The maximum absolute atomic E-state index is 12.6. The van der Waals surface area contributed by atoms with Crippen LogP contribution in [0.4, 0.5) is 0 Å². The number of aromatic amines is 1. The Kier molecular flexibility index (Phi) is 9.60. The number of aromatic nitrogens is 2. The highest BCUT2D eigenvalue weighted by atomic mass is 32.2. The molecule has 144 valence electrons. The van der Waals surface area contributed by atoms with Gasteiger partial charge in [0.1, 0.15) is 11.8 Å². The van der Waals surface area contributed by atoms with E-state index in [1.54, 1.807) is 6.20 Å². The molecule has 26 heavy (non-hydrogen) atoms. The minimum Gasteiger partial charge on any atom is -0.467 e. The first kappa shape index (κ1) is 21.8. The number of thioether (sulfide) groups is 1. The number of amides is 1. The molecular weight excluding hydrogens is 360 g/mol. The predicted molar refractivity (Wildman–Crippen MR) is 96.2 cm³/mol. The summed E-state index contributed by atoms with van der Waals surface area (Å²) in [4.78, 5) is 54.2. The molecule has 0 radical (unpaired) electrons. The minimum absolute atomic E-state index is 0.0235. The summed E-state index contributed by atoms with van der Waals surface area (Å²) >= 11 is 0.888. The number of nitrogens with two attached hydrogens (primary N) is 1. The molecule has 1 rings (SSSR count). The number of esters is 1. The Bertz CT molecular complexity index is 620. The third-order valence-corrected chi connectivity index (χ3v) is 4.63. The van der Waals surface area contributed by atoms with E-state index in [0.29, 0.717) is 6.42 Å². The van der Waals surface area contributed by atoms with E-state index in [1.165, 1.54) is 20.4 Å². The summed E-state index contributed by atoms with van der Waals surface area (Å²) in [5.74, 6) is -1.69. The van der Waals surface area contributed by atoms with Crippen LogP contribution < -0.4 is 11.1 Å². The fraction of sp³-hybridized carbons (Fsp3) is 0.562. The molecule has 1 heterocycles. The van der Waals surface area contributed by atoms with Crippen molar-refractivity contribution in [3.63, 3.8) is 0 Å². The zero-order valence-electron chi connectivity index (χ0n) is 14.8. The number of Topliss-reactive ketones (excluding diaryl/α,β-unsaturated/α-hetero) is 1. The van der Waals surface area contributed by atoms with Gasteiger partial charge in [-0.15, -0.1) is 0 Å². The quantitative estimate of drug-likeness (QED) is 0.445. The molecule has 0 spiro atoms. The smallest absolute Gasteiger partial charge is 0.329 e. The second kappa shape index (κ2) is 11.4. The van der Waals surface area contributed by atoms with E-state index < -0.39 is 23.8 Å². The molecule has 0 bridgehead atoms. The fourth-order valence-electron chi connectivity index (χ4n) is 2.28. The van der Waals surface area contributed by atoms with Gasteiger partial charge in [0.25, 0.3) is 0 Å². The van der Waals surface area contributed by atoms with Crippen molar-refractivity contribution in [2.24, 2.45) is 11.7 Å². The molecule has 0 saturated heterocycles. The van der Waals surface area contributed by atoms with Gasteiger partial charge in [0, 0.05) is 49.7 Å². The SMILES string of the molecule is COC(=O)[C@H](CSC(=O)[C@@H](CC(=O)CCN)Cc1cnc[nH]1)NC(C)=O. The van der Waals surface area contributed by atoms with Gasteiger partial charge >= 0.3 is 5.97 Å². The Morgan fingerprint density at radius 1 is 1.38 bits per heavy atom. The van der Waals surface area contributed by atoms with Crippen molar-refractivity contribution < 1.29 is 23.9 Å². The molecule has 2 atom stereocenters. The van der Waals surface area contributed by atoms with E-state index in [1.807, 2.05) is 0 Å². The van der Waals surface area contributed by atoms with E-state index in [0.717, 1.165) is 17.5 Å². The predicted octanol–water partition coefficient (Wildman–Crippen LogP) is -0.186. The van der Waals surface area contributed by atoms with Crippen molar-refractivity contribution in [2.45, 2.75) is 32.2 Å². The Balaban J connectivity index is 2.74. The molecule has 10 heteroatoms. The molecule has 0 unspecified atom stereocenters. The number of carbonyl (C=O) groups is 4. The monoisotopic (exact) mass is 384 g/mol. The zero-order valence-corrected chi connectivity index (χ0v) is 15.6. The number of H-pyrrole nitrogens is 1. The van der Waals surface area contributed by atoms with Crippen LogP contribution in [-0.4, -0.2) is 58.2 Å². The Labute approximate surface area is 155 Å². The highest BCUT2D eigenvalue weighted by Gasteiger charge is 2.27. The van der Waals surface area contributed by atoms with Crippen molar-refractivity contribution in [3.8, 4) is 0 Å². The standard InChI is InChI=1S/C16H24N4O5S/c1-10(21)20-14(15(23)25-2)8-26-16(24)11(6-13(22)3-4-17)5-12-7-18-9-19-12/h7,9,11,14H,3-6,8,17H2,1-2H3,(H,18,19)(H,20,21)/t11-,14+/m1/s1. The van der Waals surface area contributed by atoms with E-state index in [2.05, 4.69) is 20.0 Å². The lowest BCUT2D eigenvalue weighted by Gasteiger charge is -2.17. The summed E-state index contributed by atoms with van der Waals surface area (Å²) in [7, 11) is 1.20. The second-order valence-electron chi connectivity index (χ2n) is 5.67. The number of hydrogen-bond donors (Lipinski definition) is 3. The van der Waals surface area contributed by atoms with Gasteiger partial charge in [-0.1, -0.05) is 11.8 Å². The minimum atomic E-state index is -0.931. The lowest BCUT2D eigenvalue weighted by Crippen LogP contribution is -2.42. The first-order valence-electron chi connectivity index (χ1n) is 8.08. The third-order valence-electron chi connectivity index (χ3n) is 3.51. The van der Waals surface area contributed by atoms with Crippen molar-refractivity contribution in [3.05, 3.63) is 18.2 Å². The lowest BCUT2D eigenvalue weighted by molar-refractivity contribution is -0.144. The maximum Gasteiger partial charge on any atom is 0.329 e. The largest absolute Gasteiger partial charge is 0.467 e. The van der Waals surface area contributed by atoms with Crippen molar-refractivity contribution >= 4 is 34.5 Å². The van der Waals surface area contributed by atoms with Gasteiger partial charge in [-0.25, -0.2) is 9.78 Å². The molecular formula is C16H24N4O5S. The molecule has 1 aromatic rings. The molecule has 0 fully saturated rings. The second-order valence-corrected chi connectivity index (χ2v) is 6.69. The van der Waals surface area contributed by atoms with Crippen LogP contribution >= 0.6 is 11.8 Å². The number of ketones is 1. The summed E-state index contributed by atoms with van der Waals surface area (Å²) < 4.78 is 4.63. The highest BCUT2D eigenvalue weighted by Crippen LogP contribution is 2.21. The lowest BCUT2D eigenvalue weighted by atomic mass is 9.97. The Morgan fingerprint density at radius 3 is 2.65 bits per heavy atom. The molecule has 0 aromatic carbocycles. The maximum atomic E-state index is 12.6. The number of rotatable bonds is 11. The number of imidazole rings is 1. The molecule has 1 amide bonds. The summed E-state index contributed by atoms with van der Waals surface area (Å²) in [6.45, 7) is 1.50. The van der Waals surface area contributed by atoms with Crippen LogP contribution in [0.25, 0.3) is 0 Å². The Morgan fingerprint density at radius 2 is 2.12 bits per heavy atom. The molecule has 9 nitrogen and oxygen atoms in total. The van der Waals surface area contributed by atoms with Crippen LogP contribution in [-0.2, 0) is 30.3 Å². The topological polar surface area (TPSA) is 144 Å². The summed E-state index contributed by atoms with van der Waals surface area (Å²) in [5.41, 5.74) is 6.12. The van der Waals surface area contributed by atoms with Crippen molar-refractivity contribution in [2.75, 3.05) is 19.4 Å². The van der Waals surface area contributed by atoms with Gasteiger partial charge < -0.3 is 20.8 Å². The van der Waals surface area contributed by atoms with E-state index in [4.69, 9.17) is 5.73 Å². The molecule has 0 saturated carbocycles. The average Bonchev–Trinajstić information content (AvgIpc) is 3.10. The van der Waals surface area contributed by atoms with Crippen LogP contribution in [0.5, 0.6) is 0 Å². The van der Waals surface area contributed by atoms with E-state index in [-0.39, 0.29) is 36.0 Å². The highest BCUT2D eigenvalue weighted by molar-refractivity contribution is 8.13. The van der Waals surface area contributed by atoms with E-state index >= 15 is 0 Å². The van der Waals surface area contributed by atoms with Crippen LogP contribution in [0, 0.1) is 5.92 Å². The van der Waals surface area contributed by atoms with Gasteiger partial charge in [0.2, 0.25) is 5.91 Å². The normalized spacial score (nSPS) is 12.9. The van der Waals surface area contributed by atoms with Gasteiger partial charge in [0.15, 0.2) is 5.12 Å². The number of nitrogens with zero attached hydrogens (tertiary/aromatic N) is 1. The number of ether oxygens (including phenoxy) is 1. The molecule has 4 N–H and O–H groups in total. The average molecular weight is 384 g/mol. The third kappa shape index (κ3) is 7.79. The van der Waals surface area contributed by atoms with Gasteiger partial charge in [-0.3, -0.25) is 14.4 Å². The summed E-state index contributed by atoms with van der Waals surface area (Å²) in [5, 5.41) is 2.20. The molecule has 0 aliphatic rings. The van der Waals surface area contributed by atoms with E-state index in [9.17, 15) is 19.2 Å². The van der Waals surface area contributed by atoms with Gasteiger partial charge in [0.05, 0.1) is 13.4 Å². The van der Waals surface area contributed by atoms with Crippen molar-refractivity contribution in [1.29, 1.82) is 0 Å². The summed E-state index contributed by atoms with van der Waals surface area (Å²) in [6, 6.07) is -0.931. The van der Waals surface area contributed by atoms with Crippen LogP contribution in [0.1, 0.15) is 25.5 Å². The molecule has 0 aliphatic carbocycles. The number of nitrogens with one attached hydrogen (secondary N) is 2. The number of hydrogen-bond acceptors (Lipinski definition) is 8. The van der Waals surface area contributed by atoms with Gasteiger partial charge in [-0.05, 0) is 6.54 Å². The van der Waals surface area contributed by atoms with Gasteiger partial charge in [-0.2, -0.15) is 0 Å². The molecule has 0 aliphatic heterocycles. The molecule has 1 aromatic heterocycles. The van der Waals surface area contributed by atoms with Crippen LogP contribution in [0.2, 0.25) is 0 Å². The summed E-state index contributed by atoms with van der Waals surface area (Å²) in [6.07, 6.45) is 3.67. The van der Waals surface area contributed by atoms with Crippen LogP contribution in [0.3, 0.4) is 0 Å².